The molecule has 1 atom stereocenters. The van der Waals surface area contributed by atoms with Gasteiger partial charge < -0.3 is 5.73 Å². The molecule has 2 N–H and O–H groups in total. The molecular weight excluding hydrogens is 284 g/mol. The van der Waals surface area contributed by atoms with E-state index in [1.807, 2.05) is 12.1 Å². The Balaban J connectivity index is 2.30. The summed E-state index contributed by atoms with van der Waals surface area (Å²) in [4.78, 5) is 0. The zero-order chi connectivity index (χ0) is 13.8. The molecule has 0 aliphatic carbocycles. The van der Waals surface area contributed by atoms with Crippen molar-refractivity contribution in [1.82, 2.24) is 0 Å². The van der Waals surface area contributed by atoms with Gasteiger partial charge in [-0.15, -0.1) is 0 Å². The summed E-state index contributed by atoms with van der Waals surface area (Å²) in [6.45, 7) is 0.351. The Labute approximate surface area is 122 Å². The van der Waals surface area contributed by atoms with E-state index in [9.17, 15) is 4.39 Å². The van der Waals surface area contributed by atoms with Crippen molar-refractivity contribution in [3.63, 3.8) is 0 Å². The predicted octanol–water partition coefficient (Wildman–Crippen LogP) is 4.42. The van der Waals surface area contributed by atoms with Crippen molar-refractivity contribution < 1.29 is 4.39 Å². The topological polar surface area (TPSA) is 26.0 Å². The van der Waals surface area contributed by atoms with E-state index in [0.29, 0.717) is 28.6 Å². The molecule has 0 radical (unpaired) electrons. The smallest absolute Gasteiger partial charge is 0.126 e. The Morgan fingerprint density at radius 2 is 1.79 bits per heavy atom. The second-order valence-corrected chi connectivity index (χ2v) is 5.16. The largest absolute Gasteiger partial charge is 0.330 e. The van der Waals surface area contributed by atoms with Crippen molar-refractivity contribution in [2.45, 2.75) is 12.3 Å². The molecule has 0 aromatic heterocycles. The van der Waals surface area contributed by atoms with E-state index < -0.39 is 0 Å². The summed E-state index contributed by atoms with van der Waals surface area (Å²) in [6, 6.07) is 12.1. The second-order valence-electron chi connectivity index (χ2n) is 4.37. The summed E-state index contributed by atoms with van der Waals surface area (Å²) < 4.78 is 13.8. The molecule has 2 rings (SSSR count). The van der Waals surface area contributed by atoms with Crippen molar-refractivity contribution in [1.29, 1.82) is 0 Å². The van der Waals surface area contributed by atoms with Crippen LogP contribution in [0.5, 0.6) is 0 Å². The number of nitrogens with two attached hydrogens (primary N) is 1. The molecule has 100 valence electrons. The van der Waals surface area contributed by atoms with Crippen molar-refractivity contribution in [2.24, 2.45) is 5.73 Å². The van der Waals surface area contributed by atoms with Gasteiger partial charge in [-0.3, -0.25) is 0 Å². The molecule has 1 nitrogen and oxygen atoms in total. The Hall–Kier alpha value is -1.09. The molecule has 2 aromatic carbocycles. The van der Waals surface area contributed by atoms with Crippen molar-refractivity contribution in [3.8, 4) is 0 Å². The molecule has 0 fully saturated rings. The SMILES string of the molecule is NCC(Cc1cccc(Cl)c1Cl)c1ccccc1F. The Morgan fingerprint density at radius 3 is 2.47 bits per heavy atom. The highest BCUT2D eigenvalue weighted by Gasteiger charge is 2.16. The van der Waals surface area contributed by atoms with E-state index in [2.05, 4.69) is 0 Å². The summed E-state index contributed by atoms with van der Waals surface area (Å²) in [5, 5.41) is 1.02. The second kappa shape index (κ2) is 6.38. The third-order valence-corrected chi connectivity index (χ3v) is 3.99. The lowest BCUT2D eigenvalue weighted by Crippen LogP contribution is -2.16. The average Bonchev–Trinajstić information content (AvgIpc) is 2.41. The van der Waals surface area contributed by atoms with Gasteiger partial charge in [-0.05, 0) is 36.2 Å². The van der Waals surface area contributed by atoms with Crippen LogP contribution in [0.15, 0.2) is 42.5 Å². The van der Waals surface area contributed by atoms with Gasteiger partial charge in [0.25, 0.3) is 0 Å². The van der Waals surface area contributed by atoms with Crippen LogP contribution < -0.4 is 5.73 Å². The monoisotopic (exact) mass is 297 g/mol. The minimum atomic E-state index is -0.240. The first-order chi connectivity index (χ1) is 9.13. The minimum Gasteiger partial charge on any atom is -0.330 e. The van der Waals surface area contributed by atoms with Crippen LogP contribution in [0.25, 0.3) is 0 Å². The van der Waals surface area contributed by atoms with E-state index in [1.54, 1.807) is 24.3 Å². The van der Waals surface area contributed by atoms with Gasteiger partial charge in [-0.2, -0.15) is 0 Å². The number of halogens is 3. The molecule has 0 amide bonds. The van der Waals surface area contributed by atoms with Gasteiger partial charge in [0.15, 0.2) is 0 Å². The van der Waals surface area contributed by atoms with Gasteiger partial charge >= 0.3 is 0 Å². The first-order valence-electron chi connectivity index (χ1n) is 6.01. The maximum Gasteiger partial charge on any atom is 0.126 e. The van der Waals surface area contributed by atoms with Crippen molar-refractivity contribution >= 4 is 23.2 Å². The molecule has 19 heavy (non-hydrogen) atoms. The molecule has 1 unspecified atom stereocenters. The third-order valence-electron chi connectivity index (χ3n) is 3.13. The van der Waals surface area contributed by atoms with E-state index in [-0.39, 0.29) is 11.7 Å². The fourth-order valence-corrected chi connectivity index (χ4v) is 2.50. The highest BCUT2D eigenvalue weighted by molar-refractivity contribution is 6.42. The first-order valence-corrected chi connectivity index (χ1v) is 6.76. The summed E-state index contributed by atoms with van der Waals surface area (Å²) in [5.41, 5.74) is 7.26. The Kier molecular flexibility index (Phi) is 4.81. The van der Waals surface area contributed by atoms with Gasteiger partial charge in [-0.25, -0.2) is 4.39 Å². The van der Waals surface area contributed by atoms with Crippen LogP contribution in [0.2, 0.25) is 10.0 Å². The van der Waals surface area contributed by atoms with Gasteiger partial charge in [0.1, 0.15) is 5.82 Å². The van der Waals surface area contributed by atoms with Crippen molar-refractivity contribution in [3.05, 3.63) is 69.5 Å². The Morgan fingerprint density at radius 1 is 1.05 bits per heavy atom. The lowest BCUT2D eigenvalue weighted by Gasteiger charge is -2.17. The maximum atomic E-state index is 13.8. The zero-order valence-corrected chi connectivity index (χ0v) is 11.8. The van der Waals surface area contributed by atoms with Gasteiger partial charge in [0.05, 0.1) is 10.0 Å². The van der Waals surface area contributed by atoms with Crippen LogP contribution in [0.3, 0.4) is 0 Å². The standard InChI is InChI=1S/C15H14Cl2FN/c16-13-6-3-4-10(15(13)17)8-11(9-19)12-5-1-2-7-14(12)18/h1-7,11H,8-9,19H2. The van der Waals surface area contributed by atoms with Gasteiger partial charge in [-0.1, -0.05) is 53.5 Å². The zero-order valence-electron chi connectivity index (χ0n) is 10.2. The summed E-state index contributed by atoms with van der Waals surface area (Å²) in [7, 11) is 0. The fraction of sp³-hybridized carbons (Fsp3) is 0.200. The highest BCUT2D eigenvalue weighted by atomic mass is 35.5. The maximum absolute atomic E-state index is 13.8. The third kappa shape index (κ3) is 3.27. The van der Waals surface area contributed by atoms with Crippen LogP contribution in [0, 0.1) is 5.82 Å². The molecule has 0 saturated heterocycles. The van der Waals surface area contributed by atoms with Crippen LogP contribution >= 0.6 is 23.2 Å². The van der Waals surface area contributed by atoms with E-state index in [0.717, 1.165) is 5.56 Å². The predicted molar refractivity (Wildman–Crippen MR) is 78.4 cm³/mol. The highest BCUT2D eigenvalue weighted by Crippen LogP contribution is 2.30. The van der Waals surface area contributed by atoms with Crippen LogP contribution in [-0.2, 0) is 6.42 Å². The molecule has 0 heterocycles. The van der Waals surface area contributed by atoms with Crippen LogP contribution in [0.1, 0.15) is 17.0 Å². The minimum absolute atomic E-state index is 0.114. The van der Waals surface area contributed by atoms with Crippen LogP contribution in [-0.4, -0.2) is 6.54 Å². The quantitative estimate of drug-likeness (QED) is 0.888. The van der Waals surface area contributed by atoms with E-state index in [1.165, 1.54) is 6.07 Å². The lowest BCUT2D eigenvalue weighted by molar-refractivity contribution is 0.576. The lowest BCUT2D eigenvalue weighted by atomic mass is 9.91. The molecule has 4 heteroatoms. The summed E-state index contributed by atoms with van der Waals surface area (Å²) in [6.07, 6.45) is 0.566. The number of hydrogen-bond donors (Lipinski definition) is 1. The van der Waals surface area contributed by atoms with Crippen molar-refractivity contribution in [2.75, 3.05) is 6.54 Å². The molecule has 0 aliphatic rings. The van der Waals surface area contributed by atoms with Crippen LogP contribution in [0.4, 0.5) is 4.39 Å². The normalized spacial score (nSPS) is 12.4. The van der Waals surface area contributed by atoms with E-state index in [4.69, 9.17) is 28.9 Å². The summed E-state index contributed by atoms with van der Waals surface area (Å²) in [5.74, 6) is -0.353. The molecule has 0 saturated carbocycles. The van der Waals surface area contributed by atoms with Gasteiger partial charge in [0, 0.05) is 5.92 Å². The number of hydrogen-bond acceptors (Lipinski definition) is 1. The average molecular weight is 298 g/mol. The summed E-state index contributed by atoms with van der Waals surface area (Å²) >= 11 is 12.1. The Bertz CT molecular complexity index is 572. The molecular formula is C15H14Cl2FN. The molecule has 2 aromatic rings. The molecule has 0 bridgehead atoms. The molecule has 0 spiro atoms. The van der Waals surface area contributed by atoms with E-state index >= 15 is 0 Å². The fourth-order valence-electron chi connectivity index (χ4n) is 2.10. The first kappa shape index (κ1) is 14.3. The number of benzene rings is 2. The molecule has 0 aliphatic heterocycles. The number of rotatable bonds is 4. The van der Waals surface area contributed by atoms with Gasteiger partial charge in [0.2, 0.25) is 0 Å².